The molecule has 12 heteroatoms. The highest BCUT2D eigenvalue weighted by molar-refractivity contribution is 7.99. The maximum atomic E-state index is 12.7. The Morgan fingerprint density at radius 2 is 2.11 bits per heavy atom. The fourth-order valence-electron chi connectivity index (χ4n) is 3.02. The summed E-state index contributed by atoms with van der Waals surface area (Å²) in [5.74, 6) is 1.85. The van der Waals surface area contributed by atoms with Gasteiger partial charge in [-0.1, -0.05) is 0 Å². The lowest BCUT2D eigenvalue weighted by Crippen LogP contribution is -2.37. The van der Waals surface area contributed by atoms with Gasteiger partial charge in [0.1, 0.15) is 10.6 Å². The lowest BCUT2D eigenvalue weighted by atomic mass is 10.4. The fraction of sp³-hybridized carbons (Fsp3) is 0.533. The first-order chi connectivity index (χ1) is 13.0. The average molecular weight is 429 g/mol. The minimum Gasteiger partial charge on any atom is -0.356 e. The molecule has 3 heterocycles. The van der Waals surface area contributed by atoms with Gasteiger partial charge in [0.25, 0.3) is 5.91 Å². The number of amides is 1. The van der Waals surface area contributed by atoms with Crippen molar-refractivity contribution in [3.8, 4) is 0 Å². The third-order valence-corrected chi connectivity index (χ3v) is 7.71. The summed E-state index contributed by atoms with van der Waals surface area (Å²) in [5, 5.41) is 9.68. The first-order valence-corrected chi connectivity index (χ1v) is 11.7. The second kappa shape index (κ2) is 7.41. The van der Waals surface area contributed by atoms with Crippen LogP contribution >= 0.6 is 24.0 Å². The van der Waals surface area contributed by atoms with E-state index in [9.17, 15) is 13.2 Å². The quantitative estimate of drug-likeness (QED) is 0.597. The number of nitrogens with zero attached hydrogens (tertiary/aromatic N) is 3. The lowest BCUT2D eigenvalue weighted by Gasteiger charge is -2.24. The van der Waals surface area contributed by atoms with E-state index in [0.717, 1.165) is 24.3 Å². The number of H-pyrrole nitrogens is 2. The average Bonchev–Trinajstić information content (AvgIpc) is 3.24. The van der Waals surface area contributed by atoms with Crippen molar-refractivity contribution < 1.29 is 13.2 Å². The highest BCUT2D eigenvalue weighted by Crippen LogP contribution is 2.35. The number of hydrogen-bond acceptors (Lipinski definition) is 6. The molecular weight excluding hydrogens is 408 g/mol. The Balaban J connectivity index is 1.44. The normalized spacial score (nSPS) is 18.5. The molecule has 2 fully saturated rings. The summed E-state index contributed by atoms with van der Waals surface area (Å²) < 4.78 is 29.3. The number of sulfonamides is 1. The third kappa shape index (κ3) is 3.84. The SMILES string of the molecule is O=C(NCc1n[nH]c(=S)n1C1CC1)c1cc(S(=O)(=O)N2CCSCC2)c[nH]1. The molecule has 1 amide bonds. The number of aromatic nitrogens is 4. The van der Waals surface area contributed by atoms with Gasteiger partial charge in [0.2, 0.25) is 10.0 Å². The summed E-state index contributed by atoms with van der Waals surface area (Å²) in [4.78, 5) is 15.3. The van der Waals surface area contributed by atoms with Crippen molar-refractivity contribution in [1.29, 1.82) is 0 Å². The van der Waals surface area contributed by atoms with Crippen LogP contribution in [-0.4, -0.2) is 63.0 Å². The Morgan fingerprint density at radius 1 is 1.37 bits per heavy atom. The van der Waals surface area contributed by atoms with Crippen LogP contribution in [0.4, 0.5) is 0 Å². The number of carbonyl (C=O) groups excluding carboxylic acids is 1. The van der Waals surface area contributed by atoms with Gasteiger partial charge in [-0.3, -0.25) is 14.5 Å². The molecule has 0 unspecified atom stereocenters. The second-order valence-electron chi connectivity index (χ2n) is 6.49. The van der Waals surface area contributed by atoms with E-state index in [4.69, 9.17) is 12.2 Å². The predicted molar refractivity (Wildman–Crippen MR) is 104 cm³/mol. The number of carbonyl (C=O) groups is 1. The van der Waals surface area contributed by atoms with E-state index < -0.39 is 10.0 Å². The van der Waals surface area contributed by atoms with Gasteiger partial charge in [-0.05, 0) is 31.1 Å². The predicted octanol–water partition coefficient (Wildman–Crippen LogP) is 1.27. The van der Waals surface area contributed by atoms with Gasteiger partial charge in [0, 0.05) is 36.8 Å². The highest BCUT2D eigenvalue weighted by Gasteiger charge is 2.29. The van der Waals surface area contributed by atoms with E-state index in [-0.39, 0.29) is 23.0 Å². The fourth-order valence-corrected chi connectivity index (χ4v) is 5.89. The summed E-state index contributed by atoms with van der Waals surface area (Å²) in [6.45, 7) is 1.19. The molecule has 1 saturated heterocycles. The summed E-state index contributed by atoms with van der Waals surface area (Å²) in [6.07, 6.45) is 3.48. The summed E-state index contributed by atoms with van der Waals surface area (Å²) in [6, 6.07) is 1.73. The van der Waals surface area contributed by atoms with E-state index >= 15 is 0 Å². The number of hydrogen-bond donors (Lipinski definition) is 3. The van der Waals surface area contributed by atoms with Crippen LogP contribution in [0, 0.1) is 4.77 Å². The monoisotopic (exact) mass is 428 g/mol. The Bertz CT molecular complexity index is 998. The number of aromatic amines is 2. The second-order valence-corrected chi connectivity index (χ2v) is 10.0. The zero-order chi connectivity index (χ0) is 19.0. The van der Waals surface area contributed by atoms with Crippen LogP contribution in [0.5, 0.6) is 0 Å². The standard InChI is InChI=1S/C15H20N6O3S3/c22-14(17-9-13-18-19-15(25)21(13)10-1-2-10)12-7-11(8-16-12)27(23,24)20-3-5-26-6-4-20/h7-8,10,16H,1-6,9H2,(H,17,22)(H,19,25). The lowest BCUT2D eigenvalue weighted by molar-refractivity contribution is 0.0945. The van der Waals surface area contributed by atoms with Crippen LogP contribution in [0.2, 0.25) is 0 Å². The van der Waals surface area contributed by atoms with Crippen molar-refractivity contribution in [2.75, 3.05) is 24.6 Å². The molecule has 4 rings (SSSR count). The zero-order valence-corrected chi connectivity index (χ0v) is 16.9. The smallest absolute Gasteiger partial charge is 0.268 e. The Labute approximate surface area is 166 Å². The summed E-state index contributed by atoms with van der Waals surface area (Å²) in [5.41, 5.74) is 0.201. The summed E-state index contributed by atoms with van der Waals surface area (Å²) >= 11 is 6.96. The molecule has 2 aromatic heterocycles. The van der Waals surface area contributed by atoms with E-state index in [1.165, 1.54) is 16.6 Å². The molecule has 146 valence electrons. The van der Waals surface area contributed by atoms with Crippen LogP contribution in [0.15, 0.2) is 17.2 Å². The molecular formula is C15H20N6O3S3. The van der Waals surface area contributed by atoms with Crippen LogP contribution in [0.25, 0.3) is 0 Å². The molecule has 0 radical (unpaired) electrons. The van der Waals surface area contributed by atoms with E-state index in [2.05, 4.69) is 20.5 Å². The number of rotatable bonds is 6. The van der Waals surface area contributed by atoms with Crippen LogP contribution in [0.3, 0.4) is 0 Å². The van der Waals surface area contributed by atoms with Crippen molar-refractivity contribution in [3.05, 3.63) is 28.6 Å². The molecule has 2 aromatic rings. The Hall–Kier alpha value is -1.63. The van der Waals surface area contributed by atoms with Crippen molar-refractivity contribution in [1.82, 2.24) is 29.4 Å². The molecule has 0 spiro atoms. The van der Waals surface area contributed by atoms with E-state index in [0.29, 0.717) is 29.7 Å². The van der Waals surface area contributed by atoms with Crippen molar-refractivity contribution in [2.45, 2.75) is 30.3 Å². The van der Waals surface area contributed by atoms with Crippen LogP contribution in [0.1, 0.15) is 35.2 Å². The maximum absolute atomic E-state index is 12.7. The minimum absolute atomic E-state index is 0.111. The van der Waals surface area contributed by atoms with Gasteiger partial charge in [0.05, 0.1) is 6.54 Å². The van der Waals surface area contributed by atoms with Gasteiger partial charge in [-0.2, -0.15) is 21.2 Å². The maximum Gasteiger partial charge on any atom is 0.268 e. The van der Waals surface area contributed by atoms with Gasteiger partial charge in [-0.15, -0.1) is 0 Å². The first kappa shape index (κ1) is 18.7. The molecule has 3 N–H and O–H groups in total. The van der Waals surface area contributed by atoms with Crippen molar-refractivity contribution in [2.24, 2.45) is 0 Å². The Kier molecular flexibility index (Phi) is 5.14. The third-order valence-electron chi connectivity index (χ3n) is 4.61. The van der Waals surface area contributed by atoms with Gasteiger partial charge < -0.3 is 10.3 Å². The van der Waals surface area contributed by atoms with Gasteiger partial charge in [-0.25, -0.2) is 8.42 Å². The molecule has 9 nitrogen and oxygen atoms in total. The van der Waals surface area contributed by atoms with Crippen LogP contribution in [-0.2, 0) is 16.6 Å². The van der Waals surface area contributed by atoms with Crippen LogP contribution < -0.4 is 5.32 Å². The van der Waals surface area contributed by atoms with Gasteiger partial charge in [0.15, 0.2) is 10.6 Å². The molecule has 0 atom stereocenters. The molecule has 0 bridgehead atoms. The largest absolute Gasteiger partial charge is 0.356 e. The highest BCUT2D eigenvalue weighted by atomic mass is 32.2. The Morgan fingerprint density at radius 3 is 2.81 bits per heavy atom. The first-order valence-electron chi connectivity index (χ1n) is 8.67. The minimum atomic E-state index is -3.57. The van der Waals surface area contributed by atoms with Crippen molar-refractivity contribution >= 4 is 39.9 Å². The molecule has 2 aliphatic rings. The summed E-state index contributed by atoms with van der Waals surface area (Å²) in [7, 11) is -3.57. The van der Waals surface area contributed by atoms with Gasteiger partial charge >= 0.3 is 0 Å². The van der Waals surface area contributed by atoms with E-state index in [1.54, 1.807) is 11.8 Å². The topological polar surface area (TPSA) is 116 Å². The van der Waals surface area contributed by atoms with Crippen molar-refractivity contribution in [3.63, 3.8) is 0 Å². The zero-order valence-electron chi connectivity index (χ0n) is 14.5. The number of thioether (sulfide) groups is 1. The molecule has 1 aliphatic heterocycles. The molecule has 27 heavy (non-hydrogen) atoms. The number of nitrogens with one attached hydrogen (secondary N) is 3. The molecule has 0 aromatic carbocycles. The molecule has 1 aliphatic carbocycles. The van der Waals surface area contributed by atoms with E-state index in [1.807, 2.05) is 4.57 Å². The molecule has 1 saturated carbocycles.